The summed E-state index contributed by atoms with van der Waals surface area (Å²) in [6.07, 6.45) is 0. The number of para-hydroxylation sites is 1. The van der Waals surface area contributed by atoms with Crippen molar-refractivity contribution in [3.63, 3.8) is 0 Å². The number of hydrogen-bond donors (Lipinski definition) is 2. The Morgan fingerprint density at radius 3 is 2.36 bits per heavy atom. The number of benzene rings is 2. The fourth-order valence-corrected chi connectivity index (χ4v) is 2.48. The van der Waals surface area contributed by atoms with Gasteiger partial charge in [-0.25, -0.2) is 9.59 Å². The molecule has 0 atom stereocenters. The van der Waals surface area contributed by atoms with E-state index in [1.54, 1.807) is 43.3 Å². The first kappa shape index (κ1) is 18.8. The Morgan fingerprint density at radius 1 is 1.08 bits per heavy atom. The highest BCUT2D eigenvalue weighted by molar-refractivity contribution is 6.30. The van der Waals surface area contributed by atoms with Crippen LogP contribution in [-0.2, 0) is 10.3 Å². The first-order valence-electron chi connectivity index (χ1n) is 7.95. The lowest BCUT2D eigenvalue weighted by atomic mass is 9.94. The van der Waals surface area contributed by atoms with Gasteiger partial charge < -0.3 is 15.4 Å². The molecule has 0 aliphatic rings. The standard InChI is InChI=1S/C19H21ClN2O3/c1-4-25-17(23)15-7-5-6-8-16(15)21-18(24)22-19(2,3)13-9-11-14(20)12-10-13/h5-12H,4H2,1-3H3,(H2,21,22,24). The van der Waals surface area contributed by atoms with Crippen LogP contribution in [0.4, 0.5) is 10.5 Å². The highest BCUT2D eigenvalue weighted by Crippen LogP contribution is 2.23. The van der Waals surface area contributed by atoms with Crippen molar-refractivity contribution in [2.45, 2.75) is 26.3 Å². The summed E-state index contributed by atoms with van der Waals surface area (Å²) >= 11 is 5.90. The molecule has 0 saturated heterocycles. The molecule has 0 bridgehead atoms. The third-order valence-electron chi connectivity index (χ3n) is 3.66. The summed E-state index contributed by atoms with van der Waals surface area (Å²) in [5, 5.41) is 6.24. The van der Waals surface area contributed by atoms with E-state index in [1.165, 1.54) is 0 Å². The average molecular weight is 361 g/mol. The summed E-state index contributed by atoms with van der Waals surface area (Å²) in [6, 6.07) is 13.6. The van der Waals surface area contributed by atoms with Gasteiger partial charge in [0, 0.05) is 5.02 Å². The number of esters is 1. The number of hydrogen-bond acceptors (Lipinski definition) is 3. The molecule has 0 aromatic heterocycles. The largest absolute Gasteiger partial charge is 0.462 e. The lowest BCUT2D eigenvalue weighted by molar-refractivity contribution is 0.0527. The predicted octanol–water partition coefficient (Wildman–Crippen LogP) is 4.57. The second-order valence-electron chi connectivity index (χ2n) is 5.98. The molecular formula is C19H21ClN2O3. The van der Waals surface area contributed by atoms with Crippen LogP contribution in [0.3, 0.4) is 0 Å². The van der Waals surface area contributed by atoms with Crippen LogP contribution in [0.25, 0.3) is 0 Å². The van der Waals surface area contributed by atoms with Crippen LogP contribution < -0.4 is 10.6 Å². The molecule has 2 aromatic carbocycles. The van der Waals surface area contributed by atoms with Crippen LogP contribution in [0.15, 0.2) is 48.5 Å². The van der Waals surface area contributed by atoms with E-state index >= 15 is 0 Å². The second-order valence-corrected chi connectivity index (χ2v) is 6.41. The topological polar surface area (TPSA) is 67.4 Å². The average Bonchev–Trinajstić information content (AvgIpc) is 2.55. The van der Waals surface area contributed by atoms with Crippen LogP contribution in [0.2, 0.25) is 5.02 Å². The van der Waals surface area contributed by atoms with E-state index in [0.29, 0.717) is 16.3 Å². The quantitative estimate of drug-likeness (QED) is 0.767. The highest BCUT2D eigenvalue weighted by Gasteiger charge is 2.23. The normalized spacial score (nSPS) is 10.9. The fraction of sp³-hybridized carbons (Fsp3) is 0.263. The molecule has 0 radical (unpaired) electrons. The summed E-state index contributed by atoms with van der Waals surface area (Å²) in [5.41, 5.74) is 0.993. The number of halogens is 1. The third kappa shape index (κ3) is 4.97. The van der Waals surface area contributed by atoms with Crippen LogP contribution in [0.1, 0.15) is 36.7 Å². The van der Waals surface area contributed by atoms with Gasteiger partial charge in [-0.3, -0.25) is 0 Å². The van der Waals surface area contributed by atoms with E-state index in [2.05, 4.69) is 10.6 Å². The minimum Gasteiger partial charge on any atom is -0.462 e. The summed E-state index contributed by atoms with van der Waals surface area (Å²) < 4.78 is 5.01. The van der Waals surface area contributed by atoms with Gasteiger partial charge in [-0.1, -0.05) is 35.9 Å². The van der Waals surface area contributed by atoms with Crippen molar-refractivity contribution >= 4 is 29.3 Å². The van der Waals surface area contributed by atoms with Gasteiger partial charge in [0.1, 0.15) is 0 Å². The maximum absolute atomic E-state index is 12.4. The van der Waals surface area contributed by atoms with Gasteiger partial charge in [-0.15, -0.1) is 0 Å². The number of rotatable bonds is 5. The Morgan fingerprint density at radius 2 is 1.72 bits per heavy atom. The minimum absolute atomic E-state index is 0.267. The van der Waals surface area contributed by atoms with E-state index in [1.807, 2.05) is 26.0 Å². The van der Waals surface area contributed by atoms with Crippen molar-refractivity contribution in [1.29, 1.82) is 0 Å². The zero-order valence-electron chi connectivity index (χ0n) is 14.4. The van der Waals surface area contributed by atoms with Gasteiger partial charge in [0.05, 0.1) is 23.4 Å². The molecule has 2 aromatic rings. The van der Waals surface area contributed by atoms with E-state index in [0.717, 1.165) is 5.56 Å². The van der Waals surface area contributed by atoms with Gasteiger partial charge in [-0.2, -0.15) is 0 Å². The maximum atomic E-state index is 12.4. The lowest BCUT2D eigenvalue weighted by Gasteiger charge is -2.27. The first-order chi connectivity index (χ1) is 11.8. The molecule has 5 nitrogen and oxygen atoms in total. The van der Waals surface area contributed by atoms with Crippen molar-refractivity contribution in [3.8, 4) is 0 Å². The van der Waals surface area contributed by atoms with E-state index < -0.39 is 17.5 Å². The molecule has 132 valence electrons. The van der Waals surface area contributed by atoms with E-state index in [4.69, 9.17) is 16.3 Å². The van der Waals surface area contributed by atoms with Crippen LogP contribution in [0, 0.1) is 0 Å². The second kappa shape index (κ2) is 8.03. The van der Waals surface area contributed by atoms with Crippen molar-refractivity contribution in [2.75, 3.05) is 11.9 Å². The van der Waals surface area contributed by atoms with Gasteiger partial charge in [0.2, 0.25) is 0 Å². The molecule has 6 heteroatoms. The van der Waals surface area contributed by atoms with Crippen molar-refractivity contribution in [3.05, 3.63) is 64.7 Å². The fourth-order valence-electron chi connectivity index (χ4n) is 2.36. The molecule has 0 aliphatic heterocycles. The molecule has 0 aliphatic carbocycles. The monoisotopic (exact) mass is 360 g/mol. The zero-order chi connectivity index (χ0) is 18.4. The Hall–Kier alpha value is -2.53. The molecule has 2 rings (SSSR count). The summed E-state index contributed by atoms with van der Waals surface area (Å²) in [5.74, 6) is -0.477. The molecule has 25 heavy (non-hydrogen) atoms. The maximum Gasteiger partial charge on any atom is 0.340 e. The molecule has 0 heterocycles. The van der Waals surface area contributed by atoms with Crippen molar-refractivity contribution < 1.29 is 14.3 Å². The molecule has 0 fully saturated rings. The smallest absolute Gasteiger partial charge is 0.340 e. The molecular weight excluding hydrogens is 340 g/mol. The van der Waals surface area contributed by atoms with Crippen molar-refractivity contribution in [2.24, 2.45) is 0 Å². The van der Waals surface area contributed by atoms with Gasteiger partial charge in [-0.05, 0) is 50.6 Å². The van der Waals surface area contributed by atoms with Gasteiger partial charge in [0.15, 0.2) is 0 Å². The number of anilines is 1. The summed E-state index contributed by atoms with van der Waals surface area (Å²) in [4.78, 5) is 24.4. The molecule has 2 amide bonds. The predicted molar refractivity (Wildman–Crippen MR) is 99.0 cm³/mol. The minimum atomic E-state index is -0.618. The van der Waals surface area contributed by atoms with E-state index in [9.17, 15) is 9.59 Å². The third-order valence-corrected chi connectivity index (χ3v) is 3.91. The van der Waals surface area contributed by atoms with Crippen LogP contribution in [-0.4, -0.2) is 18.6 Å². The highest BCUT2D eigenvalue weighted by atomic mass is 35.5. The zero-order valence-corrected chi connectivity index (χ0v) is 15.2. The van der Waals surface area contributed by atoms with Gasteiger partial charge in [0.25, 0.3) is 0 Å². The number of carbonyl (C=O) groups excluding carboxylic acids is 2. The van der Waals surface area contributed by atoms with Crippen molar-refractivity contribution in [1.82, 2.24) is 5.32 Å². The summed E-state index contributed by atoms with van der Waals surface area (Å²) in [7, 11) is 0. The molecule has 0 spiro atoms. The number of amides is 2. The number of carbonyl (C=O) groups is 2. The summed E-state index contributed by atoms with van der Waals surface area (Å²) in [6.45, 7) is 5.76. The van der Waals surface area contributed by atoms with Crippen LogP contribution >= 0.6 is 11.6 Å². The number of nitrogens with one attached hydrogen (secondary N) is 2. The SMILES string of the molecule is CCOC(=O)c1ccccc1NC(=O)NC(C)(C)c1ccc(Cl)cc1. The van der Waals surface area contributed by atoms with E-state index in [-0.39, 0.29) is 6.61 Å². The first-order valence-corrected chi connectivity index (χ1v) is 8.32. The Kier molecular flexibility index (Phi) is 6.04. The van der Waals surface area contributed by atoms with Crippen LogP contribution in [0.5, 0.6) is 0 Å². The number of ether oxygens (including phenoxy) is 1. The molecule has 0 unspecified atom stereocenters. The Labute approximate surface area is 152 Å². The molecule has 0 saturated carbocycles. The van der Waals surface area contributed by atoms with Gasteiger partial charge >= 0.3 is 12.0 Å². The Balaban J connectivity index is 2.12. The molecule has 2 N–H and O–H groups in total. The lowest BCUT2D eigenvalue weighted by Crippen LogP contribution is -2.43. The number of urea groups is 1. The Bertz CT molecular complexity index is 758.